The van der Waals surface area contributed by atoms with Gasteiger partial charge in [-0.2, -0.15) is 0 Å². The van der Waals surface area contributed by atoms with E-state index in [1.807, 2.05) is 0 Å². The first-order chi connectivity index (χ1) is 8.89. The molecule has 5 unspecified atom stereocenters. The van der Waals surface area contributed by atoms with E-state index in [9.17, 15) is 4.79 Å². The number of hydrogen-bond donors (Lipinski definition) is 0. The predicted octanol–water partition coefficient (Wildman–Crippen LogP) is 3.01. The Morgan fingerprint density at radius 1 is 1.47 bits per heavy atom. The van der Waals surface area contributed by atoms with E-state index in [0.29, 0.717) is 11.5 Å². The predicted molar refractivity (Wildman–Crippen MR) is 72.6 cm³/mol. The van der Waals surface area contributed by atoms with Gasteiger partial charge in [0.1, 0.15) is 6.10 Å². The van der Waals surface area contributed by atoms with Gasteiger partial charge in [0.05, 0.1) is 11.7 Å². The fourth-order valence-electron chi connectivity index (χ4n) is 3.72. The van der Waals surface area contributed by atoms with Gasteiger partial charge in [-0.1, -0.05) is 25.2 Å². The van der Waals surface area contributed by atoms with Gasteiger partial charge in [-0.15, -0.1) is 0 Å². The molecular weight excluding hydrogens is 240 g/mol. The highest BCUT2D eigenvalue weighted by Crippen LogP contribution is 2.48. The number of allylic oxidation sites excluding steroid dienone is 1. The topological polar surface area (TPSA) is 38.8 Å². The average molecular weight is 262 g/mol. The van der Waals surface area contributed by atoms with Gasteiger partial charge in [-0.3, -0.25) is 0 Å². The molecule has 2 aliphatic heterocycles. The molecule has 0 bridgehead atoms. The SMILES string of the molecule is C=C1C(=O)OC2CC(C)=CC(C)CC3(C)OC3CC12. The van der Waals surface area contributed by atoms with Crippen LogP contribution in [-0.4, -0.2) is 23.8 Å². The van der Waals surface area contributed by atoms with Gasteiger partial charge in [0.15, 0.2) is 0 Å². The van der Waals surface area contributed by atoms with Crippen LogP contribution in [0.5, 0.6) is 0 Å². The fourth-order valence-corrected chi connectivity index (χ4v) is 3.72. The molecule has 0 saturated carbocycles. The number of ether oxygens (including phenoxy) is 2. The first kappa shape index (κ1) is 12.9. The van der Waals surface area contributed by atoms with Crippen molar-refractivity contribution in [2.75, 3.05) is 0 Å². The zero-order valence-corrected chi connectivity index (χ0v) is 11.9. The fraction of sp³-hybridized carbons (Fsp3) is 0.688. The highest BCUT2D eigenvalue weighted by molar-refractivity contribution is 5.90. The van der Waals surface area contributed by atoms with E-state index in [2.05, 4.69) is 33.4 Å². The Morgan fingerprint density at radius 2 is 2.21 bits per heavy atom. The molecule has 3 aliphatic rings. The number of fused-ring (bicyclic) bond motifs is 2. The molecule has 0 aromatic rings. The van der Waals surface area contributed by atoms with Gasteiger partial charge in [0.25, 0.3) is 0 Å². The number of rotatable bonds is 0. The van der Waals surface area contributed by atoms with Gasteiger partial charge in [-0.25, -0.2) is 4.79 Å². The summed E-state index contributed by atoms with van der Waals surface area (Å²) in [7, 11) is 0. The second-order valence-corrected chi connectivity index (χ2v) is 6.63. The van der Waals surface area contributed by atoms with Crippen LogP contribution in [0.2, 0.25) is 0 Å². The highest BCUT2D eigenvalue weighted by Gasteiger charge is 2.55. The number of hydrogen-bond acceptors (Lipinski definition) is 3. The average Bonchev–Trinajstić information content (AvgIpc) is 2.84. The van der Waals surface area contributed by atoms with E-state index < -0.39 is 0 Å². The van der Waals surface area contributed by atoms with Crippen LogP contribution in [0.4, 0.5) is 0 Å². The Kier molecular flexibility index (Phi) is 2.86. The summed E-state index contributed by atoms with van der Waals surface area (Å²) in [5.74, 6) is 0.403. The van der Waals surface area contributed by atoms with Crippen LogP contribution < -0.4 is 0 Å². The minimum atomic E-state index is -0.225. The van der Waals surface area contributed by atoms with Crippen molar-refractivity contribution in [1.29, 1.82) is 0 Å². The molecule has 2 heterocycles. The minimum Gasteiger partial charge on any atom is -0.458 e. The molecule has 3 heteroatoms. The standard InChI is InChI=1S/C16H22O3/c1-9-5-10(2)8-16(4)14(19-16)7-12-11(3)15(17)18-13(12)6-9/h5,10,12-14H,3,6-8H2,1-2,4H3. The van der Waals surface area contributed by atoms with Gasteiger partial charge >= 0.3 is 5.97 Å². The lowest BCUT2D eigenvalue weighted by Crippen LogP contribution is -2.23. The van der Waals surface area contributed by atoms with Crippen molar-refractivity contribution >= 4 is 5.97 Å². The van der Waals surface area contributed by atoms with Crippen molar-refractivity contribution in [3.63, 3.8) is 0 Å². The molecule has 0 N–H and O–H groups in total. The molecule has 0 aromatic heterocycles. The zero-order chi connectivity index (χ0) is 13.8. The Morgan fingerprint density at radius 3 is 2.95 bits per heavy atom. The number of esters is 1. The number of carbonyl (C=O) groups is 1. The smallest absolute Gasteiger partial charge is 0.334 e. The number of carbonyl (C=O) groups excluding carboxylic acids is 1. The Hall–Kier alpha value is -1.09. The summed E-state index contributed by atoms with van der Waals surface area (Å²) >= 11 is 0. The molecule has 3 rings (SSSR count). The Balaban J connectivity index is 1.88. The third-order valence-corrected chi connectivity index (χ3v) is 4.74. The first-order valence-corrected chi connectivity index (χ1v) is 7.14. The van der Waals surface area contributed by atoms with Crippen LogP contribution in [0.3, 0.4) is 0 Å². The van der Waals surface area contributed by atoms with Crippen molar-refractivity contribution < 1.29 is 14.3 Å². The second-order valence-electron chi connectivity index (χ2n) is 6.63. The normalized spacial score (nSPS) is 45.9. The van der Waals surface area contributed by atoms with Crippen LogP contribution in [0.25, 0.3) is 0 Å². The van der Waals surface area contributed by atoms with Crippen LogP contribution in [0, 0.1) is 11.8 Å². The summed E-state index contributed by atoms with van der Waals surface area (Å²) in [6.45, 7) is 10.4. The second kappa shape index (κ2) is 4.20. The van der Waals surface area contributed by atoms with Gasteiger partial charge in [0, 0.05) is 17.9 Å². The van der Waals surface area contributed by atoms with Gasteiger partial charge in [-0.05, 0) is 32.6 Å². The number of epoxide rings is 1. The summed E-state index contributed by atoms with van der Waals surface area (Å²) in [6.07, 6.45) is 5.24. The van der Waals surface area contributed by atoms with E-state index >= 15 is 0 Å². The molecule has 1 aliphatic carbocycles. The maximum Gasteiger partial charge on any atom is 0.334 e. The molecule has 0 amide bonds. The molecule has 0 aromatic carbocycles. The molecule has 2 fully saturated rings. The molecule has 104 valence electrons. The molecule has 0 radical (unpaired) electrons. The maximum atomic E-state index is 11.7. The van der Waals surface area contributed by atoms with Crippen molar-refractivity contribution in [1.82, 2.24) is 0 Å². The van der Waals surface area contributed by atoms with Crippen molar-refractivity contribution in [3.8, 4) is 0 Å². The van der Waals surface area contributed by atoms with Crippen LogP contribution in [0.15, 0.2) is 23.8 Å². The first-order valence-electron chi connectivity index (χ1n) is 7.14. The van der Waals surface area contributed by atoms with Gasteiger partial charge in [0.2, 0.25) is 0 Å². The quantitative estimate of drug-likeness (QED) is 0.291. The molecule has 19 heavy (non-hydrogen) atoms. The summed E-state index contributed by atoms with van der Waals surface area (Å²) in [5, 5.41) is 0. The third kappa shape index (κ3) is 2.25. The Labute approximate surface area is 114 Å². The van der Waals surface area contributed by atoms with Crippen LogP contribution >= 0.6 is 0 Å². The largest absolute Gasteiger partial charge is 0.458 e. The lowest BCUT2D eigenvalue weighted by Gasteiger charge is -2.21. The lowest BCUT2D eigenvalue weighted by molar-refractivity contribution is -0.139. The van der Waals surface area contributed by atoms with Crippen LogP contribution in [0.1, 0.15) is 40.0 Å². The molecule has 0 spiro atoms. The molecular formula is C16H22O3. The summed E-state index contributed by atoms with van der Waals surface area (Å²) < 4.78 is 11.4. The third-order valence-electron chi connectivity index (χ3n) is 4.74. The van der Waals surface area contributed by atoms with E-state index in [1.54, 1.807) is 0 Å². The monoisotopic (exact) mass is 262 g/mol. The molecule has 2 saturated heterocycles. The van der Waals surface area contributed by atoms with Crippen molar-refractivity contribution in [2.24, 2.45) is 11.8 Å². The van der Waals surface area contributed by atoms with Crippen molar-refractivity contribution in [3.05, 3.63) is 23.8 Å². The van der Waals surface area contributed by atoms with E-state index in [4.69, 9.17) is 9.47 Å². The molecule has 5 atom stereocenters. The summed E-state index contributed by atoms with van der Waals surface area (Å²) in [5.41, 5.74) is 1.90. The minimum absolute atomic E-state index is 0.0238. The summed E-state index contributed by atoms with van der Waals surface area (Å²) in [6, 6.07) is 0. The van der Waals surface area contributed by atoms with Crippen LogP contribution in [-0.2, 0) is 14.3 Å². The lowest BCUT2D eigenvalue weighted by atomic mass is 9.82. The maximum absolute atomic E-state index is 11.7. The zero-order valence-electron chi connectivity index (χ0n) is 11.9. The Bertz CT molecular complexity index is 465. The van der Waals surface area contributed by atoms with Gasteiger partial charge < -0.3 is 9.47 Å². The summed E-state index contributed by atoms with van der Waals surface area (Å²) in [4.78, 5) is 11.7. The molecule has 3 nitrogen and oxygen atoms in total. The van der Waals surface area contributed by atoms with E-state index in [1.165, 1.54) is 5.57 Å². The van der Waals surface area contributed by atoms with E-state index in [-0.39, 0.29) is 29.7 Å². The van der Waals surface area contributed by atoms with E-state index in [0.717, 1.165) is 19.3 Å². The highest BCUT2D eigenvalue weighted by atomic mass is 16.6. The van der Waals surface area contributed by atoms with Crippen molar-refractivity contribution in [2.45, 2.75) is 57.8 Å².